The quantitative estimate of drug-likeness (QED) is 0.274. The van der Waals surface area contributed by atoms with E-state index in [1.54, 1.807) is 17.8 Å². The second-order valence-corrected chi connectivity index (χ2v) is 8.81. The molecule has 0 amide bonds. The van der Waals surface area contributed by atoms with E-state index in [1.807, 2.05) is 24.7 Å². The predicted molar refractivity (Wildman–Crippen MR) is 142 cm³/mol. The van der Waals surface area contributed by atoms with Crippen molar-refractivity contribution in [3.63, 3.8) is 0 Å². The van der Waals surface area contributed by atoms with Gasteiger partial charge in [-0.1, -0.05) is 86.3 Å². The molecule has 0 bridgehead atoms. The fraction of sp³-hybridized carbons (Fsp3) is 0.286. The number of hydrogen-bond acceptors (Lipinski definition) is 3. The Morgan fingerprint density at radius 3 is 2.56 bits per heavy atom. The normalized spacial score (nSPS) is 14.5. The van der Waals surface area contributed by atoms with Gasteiger partial charge in [0.25, 0.3) is 0 Å². The molecule has 1 aromatic heterocycles. The first kappa shape index (κ1) is 25.4. The van der Waals surface area contributed by atoms with E-state index in [-0.39, 0.29) is 5.92 Å². The molecule has 168 valence electrons. The molecule has 0 aliphatic rings. The van der Waals surface area contributed by atoms with E-state index in [2.05, 4.69) is 100 Å². The van der Waals surface area contributed by atoms with Gasteiger partial charge in [-0.15, -0.1) is 0 Å². The third kappa shape index (κ3) is 7.38. The van der Waals surface area contributed by atoms with Crippen molar-refractivity contribution in [1.29, 1.82) is 0 Å². The zero-order chi connectivity index (χ0) is 23.5. The summed E-state index contributed by atoms with van der Waals surface area (Å²) in [7, 11) is 1.81. The summed E-state index contributed by atoms with van der Waals surface area (Å²) < 4.78 is 1.98. The van der Waals surface area contributed by atoms with Crippen LogP contribution in [-0.2, 0) is 0 Å². The van der Waals surface area contributed by atoms with Crippen LogP contribution in [0, 0.1) is 6.92 Å². The number of aryl methyl sites for hydroxylation is 1. The van der Waals surface area contributed by atoms with E-state index in [0.717, 1.165) is 34.0 Å². The van der Waals surface area contributed by atoms with Crippen LogP contribution in [-0.4, -0.2) is 22.5 Å². The monoisotopic (exact) mass is 445 g/mol. The summed E-state index contributed by atoms with van der Waals surface area (Å²) >= 11 is 1.76. The van der Waals surface area contributed by atoms with Crippen molar-refractivity contribution in [3.8, 4) is 0 Å². The molecule has 0 radical (unpaired) electrons. The number of allylic oxidation sites excluding steroid dienone is 9. The lowest BCUT2D eigenvalue weighted by molar-refractivity contribution is 0.811. The van der Waals surface area contributed by atoms with Crippen molar-refractivity contribution in [1.82, 2.24) is 9.78 Å². The molecule has 4 heteroatoms. The van der Waals surface area contributed by atoms with Crippen LogP contribution in [0.25, 0.3) is 5.70 Å². The number of benzene rings is 1. The van der Waals surface area contributed by atoms with Gasteiger partial charge in [0.05, 0.1) is 10.6 Å². The highest BCUT2D eigenvalue weighted by Crippen LogP contribution is 2.35. The van der Waals surface area contributed by atoms with Gasteiger partial charge in [0.15, 0.2) is 0 Å². The van der Waals surface area contributed by atoms with Crippen molar-refractivity contribution in [3.05, 3.63) is 96.4 Å². The van der Waals surface area contributed by atoms with Crippen LogP contribution in [0.5, 0.6) is 0 Å². The first-order chi connectivity index (χ1) is 15.4. The zero-order valence-electron chi connectivity index (χ0n) is 20.2. The number of hydrogen-bond donors (Lipinski definition) is 0. The first-order valence-electron chi connectivity index (χ1n) is 11.0. The third-order valence-electron chi connectivity index (χ3n) is 5.07. The fourth-order valence-corrected chi connectivity index (χ4v) is 4.00. The van der Waals surface area contributed by atoms with Gasteiger partial charge in [-0.05, 0) is 51.0 Å². The van der Waals surface area contributed by atoms with E-state index < -0.39 is 0 Å². The lowest BCUT2D eigenvalue weighted by atomic mass is 10.0. The number of aromatic nitrogens is 2. The SMILES string of the molecule is C=C/C=C(\C=C/C(C)c1nn(/C(C)=C/C=C\CC)cc1Sc1ccc(C)cc1)C(C)=NC. The smallest absolute Gasteiger partial charge is 0.0834 e. The summed E-state index contributed by atoms with van der Waals surface area (Å²) in [6, 6.07) is 8.63. The minimum absolute atomic E-state index is 0.140. The second kappa shape index (κ2) is 12.9. The Kier molecular flexibility index (Phi) is 10.2. The summed E-state index contributed by atoms with van der Waals surface area (Å²) in [6.45, 7) is 14.4. The number of rotatable bonds is 10. The van der Waals surface area contributed by atoms with Crippen molar-refractivity contribution >= 4 is 23.2 Å². The minimum Gasteiger partial charge on any atom is -0.293 e. The molecular formula is C28H35N3S. The van der Waals surface area contributed by atoms with Crippen LogP contribution in [0.1, 0.15) is 51.3 Å². The van der Waals surface area contributed by atoms with Crippen LogP contribution in [0.2, 0.25) is 0 Å². The van der Waals surface area contributed by atoms with Gasteiger partial charge >= 0.3 is 0 Å². The van der Waals surface area contributed by atoms with Crippen LogP contribution in [0.15, 0.2) is 99.9 Å². The molecule has 0 aliphatic carbocycles. The largest absolute Gasteiger partial charge is 0.293 e. The molecule has 0 saturated heterocycles. The second-order valence-electron chi connectivity index (χ2n) is 7.70. The Balaban J connectivity index is 2.43. The summed E-state index contributed by atoms with van der Waals surface area (Å²) in [5.41, 5.74) is 5.45. The summed E-state index contributed by atoms with van der Waals surface area (Å²) in [6.07, 6.45) is 17.6. The highest BCUT2D eigenvalue weighted by atomic mass is 32.2. The maximum atomic E-state index is 4.96. The molecule has 32 heavy (non-hydrogen) atoms. The molecule has 1 unspecified atom stereocenters. The molecule has 0 aliphatic heterocycles. The van der Waals surface area contributed by atoms with Crippen molar-refractivity contribution in [2.75, 3.05) is 7.05 Å². The van der Waals surface area contributed by atoms with E-state index in [1.165, 1.54) is 10.5 Å². The fourth-order valence-electron chi connectivity index (χ4n) is 2.99. The molecule has 1 atom stereocenters. The standard InChI is InChI=1S/C28H35N3S/c1-8-10-11-13-23(5)31-20-27(32-26-18-14-21(3)15-19-26)28(30-31)22(4)16-17-25(12-9-2)24(6)29-7/h9-20,22H,2,8H2,1,3-7H3/b11-10-,17-16-,23-13+,25-12+,29-24?. The Morgan fingerprint density at radius 2 is 1.94 bits per heavy atom. The Bertz CT molecular complexity index is 1050. The van der Waals surface area contributed by atoms with Crippen molar-refractivity contribution in [2.24, 2.45) is 4.99 Å². The average Bonchev–Trinajstić information content (AvgIpc) is 3.21. The Morgan fingerprint density at radius 1 is 1.22 bits per heavy atom. The topological polar surface area (TPSA) is 30.2 Å². The molecule has 1 aromatic carbocycles. The van der Waals surface area contributed by atoms with Gasteiger partial charge in [0.2, 0.25) is 0 Å². The van der Waals surface area contributed by atoms with Gasteiger partial charge in [0.1, 0.15) is 0 Å². The van der Waals surface area contributed by atoms with E-state index in [9.17, 15) is 0 Å². The van der Waals surface area contributed by atoms with Crippen LogP contribution >= 0.6 is 11.8 Å². The molecule has 0 N–H and O–H groups in total. The van der Waals surface area contributed by atoms with Gasteiger partial charge in [-0.2, -0.15) is 5.10 Å². The summed E-state index contributed by atoms with van der Waals surface area (Å²) in [4.78, 5) is 6.68. The maximum absolute atomic E-state index is 4.96. The van der Waals surface area contributed by atoms with Gasteiger partial charge in [-0.3, -0.25) is 4.99 Å². The maximum Gasteiger partial charge on any atom is 0.0834 e. The van der Waals surface area contributed by atoms with E-state index in [4.69, 9.17) is 5.10 Å². The lowest BCUT2D eigenvalue weighted by Crippen LogP contribution is -1.99. The van der Waals surface area contributed by atoms with E-state index >= 15 is 0 Å². The Hall–Kier alpha value is -2.85. The van der Waals surface area contributed by atoms with E-state index in [0.29, 0.717) is 0 Å². The molecule has 0 fully saturated rings. The first-order valence-corrected chi connectivity index (χ1v) is 11.8. The molecule has 2 aromatic rings. The summed E-state index contributed by atoms with van der Waals surface area (Å²) in [5.74, 6) is 0.140. The molecule has 3 nitrogen and oxygen atoms in total. The molecule has 0 spiro atoms. The van der Waals surface area contributed by atoms with Crippen LogP contribution < -0.4 is 0 Å². The van der Waals surface area contributed by atoms with Crippen LogP contribution in [0.3, 0.4) is 0 Å². The van der Waals surface area contributed by atoms with Crippen molar-refractivity contribution < 1.29 is 0 Å². The molecule has 0 saturated carbocycles. The molecule has 2 rings (SSSR count). The van der Waals surface area contributed by atoms with Crippen molar-refractivity contribution in [2.45, 2.75) is 56.7 Å². The zero-order valence-corrected chi connectivity index (χ0v) is 21.0. The van der Waals surface area contributed by atoms with Gasteiger partial charge < -0.3 is 0 Å². The van der Waals surface area contributed by atoms with Crippen LogP contribution in [0.4, 0.5) is 0 Å². The van der Waals surface area contributed by atoms with Gasteiger partial charge in [0, 0.05) is 35.5 Å². The highest BCUT2D eigenvalue weighted by molar-refractivity contribution is 7.99. The Labute approximate surface area is 198 Å². The predicted octanol–water partition coefficient (Wildman–Crippen LogP) is 8.03. The highest BCUT2D eigenvalue weighted by Gasteiger charge is 2.16. The summed E-state index contributed by atoms with van der Waals surface area (Å²) in [5, 5.41) is 4.96. The third-order valence-corrected chi connectivity index (χ3v) is 6.12. The number of aliphatic imine (C=N–C) groups is 1. The number of nitrogens with zero attached hydrogens (tertiary/aromatic N) is 3. The van der Waals surface area contributed by atoms with Gasteiger partial charge in [-0.25, -0.2) is 4.68 Å². The molecule has 1 heterocycles. The lowest BCUT2D eigenvalue weighted by Gasteiger charge is -2.08. The minimum atomic E-state index is 0.140. The molecular weight excluding hydrogens is 410 g/mol. The average molecular weight is 446 g/mol.